The van der Waals surface area contributed by atoms with Gasteiger partial charge in [-0.3, -0.25) is 4.98 Å². The highest BCUT2D eigenvalue weighted by atomic mass is 32.2. The van der Waals surface area contributed by atoms with E-state index in [1.54, 1.807) is 47.4 Å². The Morgan fingerprint density at radius 2 is 1.88 bits per heavy atom. The van der Waals surface area contributed by atoms with Gasteiger partial charge in [-0.15, -0.1) is 0 Å². The number of nitrogens with one attached hydrogen (secondary N) is 1. The standard InChI is InChI=1S/C18H21N5O2S/c1-14-11-15(2)23(22-14)18-13-19-12-17(21-18)20-9-6-10-26(24,25)16-7-4-3-5-8-16/h3-5,7-8,11-13H,6,9-10H2,1-2H3,(H,20,21). The average molecular weight is 371 g/mol. The third-order valence-electron chi connectivity index (χ3n) is 3.85. The van der Waals surface area contributed by atoms with E-state index in [4.69, 9.17) is 0 Å². The van der Waals surface area contributed by atoms with Crippen LogP contribution in [-0.4, -0.2) is 40.5 Å². The monoisotopic (exact) mass is 371 g/mol. The van der Waals surface area contributed by atoms with Crippen LogP contribution in [-0.2, 0) is 9.84 Å². The number of sulfone groups is 1. The number of aromatic nitrogens is 4. The van der Waals surface area contributed by atoms with Gasteiger partial charge < -0.3 is 5.32 Å². The summed E-state index contributed by atoms with van der Waals surface area (Å²) in [4.78, 5) is 9.02. The molecule has 1 aromatic carbocycles. The minimum absolute atomic E-state index is 0.0780. The number of hydrogen-bond acceptors (Lipinski definition) is 6. The minimum Gasteiger partial charge on any atom is -0.369 e. The Labute approximate surface area is 153 Å². The molecule has 2 aromatic heterocycles. The van der Waals surface area contributed by atoms with Gasteiger partial charge in [-0.2, -0.15) is 5.10 Å². The lowest BCUT2D eigenvalue weighted by Crippen LogP contribution is -2.13. The molecule has 0 aliphatic carbocycles. The van der Waals surface area contributed by atoms with Crippen LogP contribution in [0.3, 0.4) is 0 Å². The van der Waals surface area contributed by atoms with E-state index in [9.17, 15) is 8.42 Å². The fourth-order valence-corrected chi connectivity index (χ4v) is 3.96. The Morgan fingerprint density at radius 3 is 2.58 bits per heavy atom. The number of nitrogens with zero attached hydrogens (tertiary/aromatic N) is 4. The number of hydrogen-bond donors (Lipinski definition) is 1. The fourth-order valence-electron chi connectivity index (χ4n) is 2.63. The van der Waals surface area contributed by atoms with Crippen molar-refractivity contribution in [2.45, 2.75) is 25.2 Å². The summed E-state index contributed by atoms with van der Waals surface area (Å²) >= 11 is 0. The van der Waals surface area contributed by atoms with Crippen LogP contribution in [0.25, 0.3) is 5.82 Å². The molecule has 3 aromatic rings. The zero-order valence-corrected chi connectivity index (χ0v) is 15.6. The van der Waals surface area contributed by atoms with E-state index in [1.165, 1.54) is 0 Å². The van der Waals surface area contributed by atoms with Crippen LogP contribution in [0.5, 0.6) is 0 Å². The summed E-state index contributed by atoms with van der Waals surface area (Å²) in [7, 11) is -3.26. The van der Waals surface area contributed by atoms with Crippen molar-refractivity contribution in [2.24, 2.45) is 0 Å². The van der Waals surface area contributed by atoms with Gasteiger partial charge in [0, 0.05) is 12.2 Å². The Hall–Kier alpha value is -2.74. The van der Waals surface area contributed by atoms with E-state index in [0.29, 0.717) is 29.5 Å². The molecule has 0 spiro atoms. The quantitative estimate of drug-likeness (QED) is 0.642. The van der Waals surface area contributed by atoms with Crippen molar-refractivity contribution >= 4 is 15.7 Å². The molecular weight excluding hydrogens is 350 g/mol. The predicted molar refractivity (Wildman–Crippen MR) is 100 cm³/mol. The first-order valence-electron chi connectivity index (χ1n) is 8.33. The van der Waals surface area contributed by atoms with E-state index in [0.717, 1.165) is 11.4 Å². The van der Waals surface area contributed by atoms with Gasteiger partial charge in [0.25, 0.3) is 0 Å². The summed E-state index contributed by atoms with van der Waals surface area (Å²) in [6, 6.07) is 10.5. The Morgan fingerprint density at radius 1 is 1.12 bits per heavy atom. The number of anilines is 1. The van der Waals surface area contributed by atoms with Crippen LogP contribution in [0.2, 0.25) is 0 Å². The predicted octanol–water partition coefficient (Wildman–Crippen LogP) is 2.56. The van der Waals surface area contributed by atoms with Crippen LogP contribution in [0, 0.1) is 13.8 Å². The molecule has 0 atom stereocenters. The third-order valence-corrected chi connectivity index (χ3v) is 5.66. The minimum atomic E-state index is -3.26. The van der Waals surface area contributed by atoms with E-state index < -0.39 is 9.84 Å². The lowest BCUT2D eigenvalue weighted by atomic mass is 10.4. The van der Waals surface area contributed by atoms with Gasteiger partial charge in [-0.1, -0.05) is 18.2 Å². The molecule has 0 aliphatic rings. The van der Waals surface area contributed by atoms with Crippen molar-refractivity contribution in [3.63, 3.8) is 0 Å². The summed E-state index contributed by atoms with van der Waals surface area (Å²) < 4.78 is 26.2. The SMILES string of the molecule is Cc1cc(C)n(-c2cncc(NCCCS(=O)(=O)c3ccccc3)n2)n1. The molecule has 0 radical (unpaired) electrons. The highest BCUT2D eigenvalue weighted by molar-refractivity contribution is 7.91. The molecule has 0 amide bonds. The van der Waals surface area contributed by atoms with Gasteiger partial charge in [-0.25, -0.2) is 18.1 Å². The maximum absolute atomic E-state index is 12.3. The number of rotatable bonds is 7. The van der Waals surface area contributed by atoms with Crippen molar-refractivity contribution in [3.8, 4) is 5.82 Å². The van der Waals surface area contributed by atoms with Crippen LogP contribution in [0.4, 0.5) is 5.82 Å². The molecule has 8 heteroatoms. The molecule has 0 bridgehead atoms. The van der Waals surface area contributed by atoms with E-state index in [-0.39, 0.29) is 5.75 Å². The smallest absolute Gasteiger partial charge is 0.178 e. The van der Waals surface area contributed by atoms with Crippen molar-refractivity contribution in [1.82, 2.24) is 19.7 Å². The van der Waals surface area contributed by atoms with Gasteiger partial charge in [0.05, 0.1) is 28.7 Å². The van der Waals surface area contributed by atoms with Crippen LogP contribution in [0.15, 0.2) is 53.7 Å². The molecule has 0 aliphatic heterocycles. The average Bonchev–Trinajstić information content (AvgIpc) is 2.98. The topological polar surface area (TPSA) is 89.8 Å². The van der Waals surface area contributed by atoms with E-state index in [1.807, 2.05) is 19.9 Å². The van der Waals surface area contributed by atoms with E-state index >= 15 is 0 Å². The molecule has 7 nitrogen and oxygen atoms in total. The van der Waals surface area contributed by atoms with Crippen molar-refractivity contribution in [2.75, 3.05) is 17.6 Å². The van der Waals surface area contributed by atoms with Crippen LogP contribution >= 0.6 is 0 Å². The van der Waals surface area contributed by atoms with Gasteiger partial charge in [0.2, 0.25) is 0 Å². The molecule has 136 valence electrons. The maximum atomic E-state index is 12.3. The lowest BCUT2D eigenvalue weighted by Gasteiger charge is -2.08. The highest BCUT2D eigenvalue weighted by Gasteiger charge is 2.13. The summed E-state index contributed by atoms with van der Waals surface area (Å²) in [6.07, 6.45) is 3.73. The summed E-state index contributed by atoms with van der Waals surface area (Å²) in [5, 5.41) is 7.52. The Bertz CT molecular complexity index is 984. The zero-order chi connectivity index (χ0) is 18.6. The molecule has 0 saturated carbocycles. The van der Waals surface area contributed by atoms with Gasteiger partial charge in [-0.05, 0) is 38.5 Å². The zero-order valence-electron chi connectivity index (χ0n) is 14.8. The lowest BCUT2D eigenvalue weighted by molar-refractivity contribution is 0.594. The first-order chi connectivity index (χ1) is 12.5. The van der Waals surface area contributed by atoms with Crippen molar-refractivity contribution < 1.29 is 8.42 Å². The second-order valence-electron chi connectivity index (χ2n) is 6.01. The molecule has 3 rings (SSSR count). The number of aryl methyl sites for hydroxylation is 2. The largest absolute Gasteiger partial charge is 0.369 e. The maximum Gasteiger partial charge on any atom is 0.178 e. The van der Waals surface area contributed by atoms with Crippen molar-refractivity contribution in [1.29, 1.82) is 0 Å². The molecule has 0 fully saturated rings. The van der Waals surface area contributed by atoms with Gasteiger partial charge >= 0.3 is 0 Å². The van der Waals surface area contributed by atoms with E-state index in [2.05, 4.69) is 20.4 Å². The Kier molecular flexibility index (Phi) is 5.32. The fraction of sp³-hybridized carbons (Fsp3) is 0.278. The molecule has 1 N–H and O–H groups in total. The first kappa shape index (κ1) is 18.1. The summed E-state index contributed by atoms with van der Waals surface area (Å²) in [5.74, 6) is 1.29. The molecule has 2 heterocycles. The molecule has 0 saturated heterocycles. The first-order valence-corrected chi connectivity index (χ1v) is 9.98. The van der Waals surface area contributed by atoms with Crippen LogP contribution in [0.1, 0.15) is 17.8 Å². The highest BCUT2D eigenvalue weighted by Crippen LogP contribution is 2.13. The van der Waals surface area contributed by atoms with Gasteiger partial charge in [0.15, 0.2) is 15.7 Å². The molecule has 0 unspecified atom stereocenters. The molecule has 26 heavy (non-hydrogen) atoms. The third kappa shape index (κ3) is 4.26. The second-order valence-corrected chi connectivity index (χ2v) is 8.12. The summed E-state index contributed by atoms with van der Waals surface area (Å²) in [6.45, 7) is 4.36. The number of benzene rings is 1. The Balaban J connectivity index is 1.59. The van der Waals surface area contributed by atoms with Gasteiger partial charge in [0.1, 0.15) is 5.82 Å². The molecular formula is C18H21N5O2S. The normalized spacial score (nSPS) is 11.5. The summed E-state index contributed by atoms with van der Waals surface area (Å²) in [5.41, 5.74) is 1.89. The second kappa shape index (κ2) is 7.65. The van der Waals surface area contributed by atoms with Crippen LogP contribution < -0.4 is 5.32 Å². The van der Waals surface area contributed by atoms with Crippen molar-refractivity contribution in [3.05, 3.63) is 60.2 Å².